The van der Waals surface area contributed by atoms with Crippen LogP contribution in [0.1, 0.15) is 30.4 Å². The Bertz CT molecular complexity index is 1060. The number of nitrogens with zero attached hydrogens (tertiary/aromatic N) is 2. The third-order valence-corrected chi connectivity index (χ3v) is 6.73. The first-order valence-corrected chi connectivity index (χ1v) is 10.8. The average Bonchev–Trinajstić information content (AvgIpc) is 3.43. The van der Waals surface area contributed by atoms with Gasteiger partial charge in [0.1, 0.15) is 18.5 Å². The van der Waals surface area contributed by atoms with Gasteiger partial charge in [0.2, 0.25) is 0 Å². The number of carbonyl (C=O) groups excluding carboxylic acids is 2. The Hall–Kier alpha value is -3.39. The number of alkyl carbamates (subject to hydrolysis) is 1. The van der Waals surface area contributed by atoms with Crippen LogP contribution in [0.15, 0.2) is 54.6 Å². The summed E-state index contributed by atoms with van der Waals surface area (Å²) in [5.74, 6) is 0.169. The molecule has 3 heterocycles. The van der Waals surface area contributed by atoms with Crippen LogP contribution in [0.4, 0.5) is 10.5 Å². The molecule has 0 radical (unpaired) electrons. The first-order chi connectivity index (χ1) is 15.5. The predicted octanol–water partition coefficient (Wildman–Crippen LogP) is 2.84. The van der Waals surface area contributed by atoms with Crippen molar-refractivity contribution in [3.63, 3.8) is 0 Å². The second-order valence-corrected chi connectivity index (χ2v) is 8.50. The molecule has 0 aromatic heterocycles. The van der Waals surface area contributed by atoms with Crippen molar-refractivity contribution in [3.8, 4) is 0 Å². The molecule has 2 saturated heterocycles. The molecule has 2 aromatic carbocycles. The minimum absolute atomic E-state index is 0.109. The van der Waals surface area contributed by atoms with Gasteiger partial charge in [0.15, 0.2) is 0 Å². The van der Waals surface area contributed by atoms with E-state index in [1.54, 1.807) is 0 Å². The van der Waals surface area contributed by atoms with Crippen molar-refractivity contribution in [2.75, 3.05) is 12.0 Å². The summed E-state index contributed by atoms with van der Waals surface area (Å²) in [7, 11) is 1.39. The number of hydrogen-bond donors (Lipinski definition) is 2. The summed E-state index contributed by atoms with van der Waals surface area (Å²) in [4.78, 5) is 29.2. The smallest absolute Gasteiger partial charge is 0.407 e. The number of amidine groups is 1. The van der Waals surface area contributed by atoms with E-state index >= 15 is 0 Å². The van der Waals surface area contributed by atoms with Crippen molar-refractivity contribution in [2.24, 2.45) is 0 Å². The van der Waals surface area contributed by atoms with Gasteiger partial charge in [-0.25, -0.2) is 4.79 Å². The van der Waals surface area contributed by atoms with Gasteiger partial charge in [0.25, 0.3) is 0 Å². The van der Waals surface area contributed by atoms with Gasteiger partial charge in [-0.3, -0.25) is 15.1 Å². The maximum Gasteiger partial charge on any atom is 0.407 e. The van der Waals surface area contributed by atoms with Gasteiger partial charge in [-0.2, -0.15) is 0 Å². The predicted molar refractivity (Wildman–Crippen MR) is 118 cm³/mol. The number of rotatable bonds is 5. The van der Waals surface area contributed by atoms with Crippen molar-refractivity contribution in [2.45, 2.75) is 50.2 Å². The number of nitrogens with one attached hydrogen (secondary N) is 2. The lowest BCUT2D eigenvalue weighted by Gasteiger charge is -2.31. The van der Waals surface area contributed by atoms with Crippen LogP contribution in [0.25, 0.3) is 0 Å². The molecule has 5 rings (SSSR count). The Labute approximate surface area is 186 Å². The Kier molecular flexibility index (Phi) is 5.09. The SMILES string of the molecule is COC(=O)[C@@H]1C[C@H]2c3ccccc3N3C(=N)[C@H]([C@H](C)NC(=O)OCc4ccccc4)N1[C@@H]23. The number of para-hydroxylation sites is 1. The molecule has 2 fully saturated rings. The van der Waals surface area contributed by atoms with Gasteiger partial charge in [0.05, 0.1) is 25.4 Å². The summed E-state index contributed by atoms with van der Waals surface area (Å²) >= 11 is 0. The maximum atomic E-state index is 12.6. The molecule has 5 atom stereocenters. The fraction of sp³-hybridized carbons (Fsp3) is 0.375. The largest absolute Gasteiger partial charge is 0.468 e. The summed E-state index contributed by atoms with van der Waals surface area (Å²) in [6.07, 6.45) is -0.0506. The lowest BCUT2D eigenvalue weighted by Crippen LogP contribution is -2.54. The molecule has 32 heavy (non-hydrogen) atoms. The molecular weight excluding hydrogens is 408 g/mol. The van der Waals surface area contributed by atoms with Crippen LogP contribution in [-0.4, -0.2) is 54.2 Å². The van der Waals surface area contributed by atoms with Gasteiger partial charge in [-0.15, -0.1) is 0 Å². The molecule has 166 valence electrons. The fourth-order valence-corrected chi connectivity index (χ4v) is 5.43. The number of ether oxygens (including phenoxy) is 2. The molecular formula is C24H26N4O4. The van der Waals surface area contributed by atoms with Gasteiger partial charge >= 0.3 is 12.1 Å². The van der Waals surface area contributed by atoms with Crippen LogP contribution < -0.4 is 10.2 Å². The van der Waals surface area contributed by atoms with Gasteiger partial charge in [0, 0.05) is 11.6 Å². The summed E-state index contributed by atoms with van der Waals surface area (Å²) in [5, 5.41) is 11.8. The monoisotopic (exact) mass is 434 g/mol. The fourth-order valence-electron chi connectivity index (χ4n) is 5.43. The first-order valence-electron chi connectivity index (χ1n) is 10.8. The lowest BCUT2D eigenvalue weighted by molar-refractivity contribution is -0.146. The van der Waals surface area contributed by atoms with E-state index in [0.29, 0.717) is 12.3 Å². The minimum Gasteiger partial charge on any atom is -0.468 e. The highest BCUT2D eigenvalue weighted by molar-refractivity contribution is 6.06. The molecule has 1 amide bonds. The Morgan fingerprint density at radius 2 is 1.88 bits per heavy atom. The molecule has 2 N–H and O–H groups in total. The first kappa shape index (κ1) is 20.5. The quantitative estimate of drug-likeness (QED) is 0.703. The van der Waals surface area contributed by atoms with Gasteiger partial charge in [-0.1, -0.05) is 48.5 Å². The highest BCUT2D eigenvalue weighted by Gasteiger charge is 2.62. The Morgan fingerprint density at radius 1 is 1.16 bits per heavy atom. The number of amides is 1. The van der Waals surface area contributed by atoms with Crippen molar-refractivity contribution in [1.82, 2.24) is 10.2 Å². The van der Waals surface area contributed by atoms with Crippen LogP contribution >= 0.6 is 0 Å². The number of methoxy groups -OCH3 is 1. The van der Waals surface area contributed by atoms with E-state index in [2.05, 4.69) is 11.4 Å². The molecule has 3 aliphatic rings. The number of hydrogen-bond acceptors (Lipinski definition) is 6. The van der Waals surface area contributed by atoms with E-state index in [1.165, 1.54) is 7.11 Å². The second-order valence-electron chi connectivity index (χ2n) is 8.50. The molecule has 0 bridgehead atoms. The number of benzene rings is 2. The zero-order valence-electron chi connectivity index (χ0n) is 18.0. The highest BCUT2D eigenvalue weighted by Crippen LogP contribution is 2.54. The Balaban J connectivity index is 1.37. The molecule has 3 aliphatic heterocycles. The van der Waals surface area contributed by atoms with E-state index < -0.39 is 24.2 Å². The summed E-state index contributed by atoms with van der Waals surface area (Å²) in [5.41, 5.74) is 3.05. The van der Waals surface area contributed by atoms with Crippen LogP contribution in [0.5, 0.6) is 0 Å². The number of esters is 1. The van der Waals surface area contributed by atoms with Crippen LogP contribution in [0, 0.1) is 5.41 Å². The minimum atomic E-state index is -0.549. The number of anilines is 1. The zero-order valence-corrected chi connectivity index (χ0v) is 18.0. The molecule has 8 heteroatoms. The maximum absolute atomic E-state index is 12.6. The molecule has 0 saturated carbocycles. The Morgan fingerprint density at radius 3 is 2.62 bits per heavy atom. The van der Waals surface area contributed by atoms with Crippen molar-refractivity contribution >= 4 is 23.6 Å². The molecule has 0 spiro atoms. The van der Waals surface area contributed by atoms with E-state index in [-0.39, 0.29) is 24.7 Å². The van der Waals surface area contributed by atoms with E-state index in [1.807, 2.05) is 65.3 Å². The third kappa shape index (κ3) is 3.14. The zero-order chi connectivity index (χ0) is 22.4. The number of fused-ring (bicyclic) bond motifs is 3. The van der Waals surface area contributed by atoms with Gasteiger partial charge < -0.3 is 19.7 Å². The summed E-state index contributed by atoms with van der Waals surface area (Å²) < 4.78 is 10.5. The molecule has 0 unspecified atom stereocenters. The lowest BCUT2D eigenvalue weighted by atomic mass is 9.96. The highest BCUT2D eigenvalue weighted by atomic mass is 16.5. The van der Waals surface area contributed by atoms with E-state index in [4.69, 9.17) is 14.9 Å². The third-order valence-electron chi connectivity index (χ3n) is 6.73. The molecule has 2 aromatic rings. The average molecular weight is 434 g/mol. The summed E-state index contributed by atoms with van der Waals surface area (Å²) in [6.45, 7) is 2.01. The number of carbonyl (C=O) groups is 2. The van der Waals surface area contributed by atoms with E-state index in [0.717, 1.165) is 16.8 Å². The van der Waals surface area contributed by atoms with Crippen LogP contribution in [0.3, 0.4) is 0 Å². The normalized spacial score (nSPS) is 26.4. The van der Waals surface area contributed by atoms with Crippen molar-refractivity contribution in [3.05, 3.63) is 65.7 Å². The second kappa shape index (κ2) is 7.94. The van der Waals surface area contributed by atoms with Crippen LogP contribution in [-0.2, 0) is 20.9 Å². The molecule has 0 aliphatic carbocycles. The topological polar surface area (TPSA) is 95.0 Å². The van der Waals surface area contributed by atoms with Crippen molar-refractivity contribution in [1.29, 1.82) is 5.41 Å². The van der Waals surface area contributed by atoms with Crippen molar-refractivity contribution < 1.29 is 19.1 Å². The van der Waals surface area contributed by atoms with E-state index in [9.17, 15) is 9.59 Å². The van der Waals surface area contributed by atoms with Gasteiger partial charge in [-0.05, 0) is 30.5 Å². The van der Waals surface area contributed by atoms with Crippen LogP contribution in [0.2, 0.25) is 0 Å². The standard InChI is InChI=1S/C24H26N4O4/c1-14(26-24(30)32-13-15-8-4-3-5-9-15)20-21(25)28-18-11-7-6-10-16(18)17-12-19(23(29)31-2)27(20)22(17)28/h3-11,14,17,19-20,22,25H,12-13H2,1-2H3,(H,26,30)/t14-,17-,19-,20-,22+/m0/s1. The summed E-state index contributed by atoms with van der Waals surface area (Å²) in [6, 6.07) is 16.1. The molecule has 8 nitrogen and oxygen atoms in total.